The maximum atomic E-state index is 13.2. The van der Waals surface area contributed by atoms with Crippen molar-refractivity contribution in [3.63, 3.8) is 0 Å². The van der Waals surface area contributed by atoms with Crippen molar-refractivity contribution in [2.45, 2.75) is 13.3 Å². The van der Waals surface area contributed by atoms with Gasteiger partial charge >= 0.3 is 5.63 Å². The molecule has 3 aromatic rings. The van der Waals surface area contributed by atoms with Crippen LogP contribution in [0.1, 0.15) is 11.1 Å². The number of hydrogen-bond acceptors (Lipinski definition) is 4. The maximum absolute atomic E-state index is 13.2. The summed E-state index contributed by atoms with van der Waals surface area (Å²) in [5, 5.41) is 12.4. The van der Waals surface area contributed by atoms with Gasteiger partial charge in [0.05, 0.1) is 12.0 Å². The minimum atomic E-state index is -1.08. The third-order valence-electron chi connectivity index (χ3n) is 3.81. The fraction of sp³-hybridized carbons (Fsp3) is 0.111. The zero-order chi connectivity index (χ0) is 18.1. The van der Waals surface area contributed by atoms with Crippen molar-refractivity contribution in [3.05, 3.63) is 69.6 Å². The Labute approximate surface area is 140 Å². The summed E-state index contributed by atoms with van der Waals surface area (Å²) in [5.41, 5.74) is 0.296. The number of carbonyl (C=O) groups is 1. The number of fused-ring (bicyclic) bond motifs is 1. The summed E-state index contributed by atoms with van der Waals surface area (Å²) in [5.74, 6) is -2.72. The summed E-state index contributed by atoms with van der Waals surface area (Å²) in [6.07, 6.45) is -0.288. The topological polar surface area (TPSA) is 79.5 Å². The highest BCUT2D eigenvalue weighted by Gasteiger charge is 2.16. The summed E-state index contributed by atoms with van der Waals surface area (Å²) in [6.45, 7) is 1.66. The summed E-state index contributed by atoms with van der Waals surface area (Å²) in [4.78, 5) is 24.2. The number of rotatable bonds is 3. The lowest BCUT2D eigenvalue weighted by atomic mass is 10.0. The van der Waals surface area contributed by atoms with Gasteiger partial charge in [0.15, 0.2) is 11.6 Å². The van der Waals surface area contributed by atoms with Crippen molar-refractivity contribution < 1.29 is 23.1 Å². The van der Waals surface area contributed by atoms with E-state index in [1.165, 1.54) is 18.2 Å². The van der Waals surface area contributed by atoms with Crippen molar-refractivity contribution in [1.29, 1.82) is 0 Å². The van der Waals surface area contributed by atoms with E-state index >= 15 is 0 Å². The molecule has 0 aliphatic rings. The van der Waals surface area contributed by atoms with Crippen LogP contribution in [0.25, 0.3) is 11.0 Å². The molecule has 0 saturated carbocycles. The molecule has 0 radical (unpaired) electrons. The predicted molar refractivity (Wildman–Crippen MR) is 87.6 cm³/mol. The average Bonchev–Trinajstić information content (AvgIpc) is 2.54. The van der Waals surface area contributed by atoms with Gasteiger partial charge in [0.1, 0.15) is 11.3 Å². The van der Waals surface area contributed by atoms with E-state index in [0.29, 0.717) is 10.9 Å². The number of hydrogen-bond donors (Lipinski definition) is 2. The molecule has 0 atom stereocenters. The van der Waals surface area contributed by atoms with Gasteiger partial charge in [0, 0.05) is 23.2 Å². The number of aromatic hydroxyl groups is 1. The first kappa shape index (κ1) is 16.6. The second kappa shape index (κ2) is 6.35. The predicted octanol–water partition coefficient (Wildman–Crippen LogP) is 3.27. The lowest BCUT2D eigenvalue weighted by Gasteiger charge is -2.09. The van der Waals surface area contributed by atoms with Crippen molar-refractivity contribution in [3.8, 4) is 5.75 Å². The zero-order valence-electron chi connectivity index (χ0n) is 13.1. The number of aryl methyl sites for hydroxylation is 1. The van der Waals surface area contributed by atoms with Gasteiger partial charge in [-0.2, -0.15) is 0 Å². The molecule has 0 unspecified atom stereocenters. The molecule has 25 heavy (non-hydrogen) atoms. The smallest absolute Gasteiger partial charge is 0.340 e. The summed E-state index contributed by atoms with van der Waals surface area (Å²) in [7, 11) is 0. The normalized spacial score (nSPS) is 10.8. The molecule has 0 spiro atoms. The Bertz CT molecular complexity index is 1040. The van der Waals surface area contributed by atoms with Crippen LogP contribution in [0.15, 0.2) is 45.6 Å². The fourth-order valence-corrected chi connectivity index (χ4v) is 2.53. The standard InChI is InChI=1S/C18H13F2NO4/c1-9-12-4-3-11(22)7-16(12)25-18(24)13(9)8-17(23)21-10-2-5-14(19)15(20)6-10/h2-7,22H,8H2,1H3,(H,21,23). The van der Waals surface area contributed by atoms with Gasteiger partial charge in [-0.15, -0.1) is 0 Å². The molecule has 0 saturated heterocycles. The number of halogens is 2. The van der Waals surface area contributed by atoms with E-state index in [1.54, 1.807) is 13.0 Å². The van der Waals surface area contributed by atoms with Gasteiger partial charge in [-0.3, -0.25) is 4.79 Å². The van der Waals surface area contributed by atoms with Crippen LogP contribution in [0, 0.1) is 18.6 Å². The van der Waals surface area contributed by atoms with Gasteiger partial charge in [-0.1, -0.05) is 0 Å². The van der Waals surface area contributed by atoms with Crippen molar-refractivity contribution in [2.24, 2.45) is 0 Å². The monoisotopic (exact) mass is 345 g/mol. The van der Waals surface area contributed by atoms with Crippen molar-refractivity contribution >= 4 is 22.6 Å². The highest BCUT2D eigenvalue weighted by molar-refractivity contribution is 5.93. The number of anilines is 1. The zero-order valence-corrected chi connectivity index (χ0v) is 13.1. The minimum absolute atomic E-state index is 0.0427. The number of amides is 1. The van der Waals surface area contributed by atoms with Crippen LogP contribution in [0.3, 0.4) is 0 Å². The van der Waals surface area contributed by atoms with E-state index in [1.807, 2.05) is 0 Å². The van der Waals surface area contributed by atoms with Crippen molar-refractivity contribution in [1.82, 2.24) is 0 Å². The van der Waals surface area contributed by atoms with Gasteiger partial charge in [-0.25, -0.2) is 13.6 Å². The van der Waals surface area contributed by atoms with Crippen LogP contribution in [0.4, 0.5) is 14.5 Å². The highest BCUT2D eigenvalue weighted by atomic mass is 19.2. The first-order chi connectivity index (χ1) is 11.8. The van der Waals surface area contributed by atoms with Crippen LogP contribution < -0.4 is 10.9 Å². The molecule has 1 amide bonds. The van der Waals surface area contributed by atoms with Gasteiger partial charge in [0.25, 0.3) is 0 Å². The van der Waals surface area contributed by atoms with Gasteiger partial charge in [0.2, 0.25) is 5.91 Å². The minimum Gasteiger partial charge on any atom is -0.508 e. The largest absolute Gasteiger partial charge is 0.508 e. The lowest BCUT2D eigenvalue weighted by molar-refractivity contribution is -0.115. The van der Waals surface area contributed by atoms with E-state index in [9.17, 15) is 23.5 Å². The lowest BCUT2D eigenvalue weighted by Crippen LogP contribution is -2.20. The van der Waals surface area contributed by atoms with E-state index in [2.05, 4.69) is 5.32 Å². The highest BCUT2D eigenvalue weighted by Crippen LogP contribution is 2.23. The molecule has 5 nitrogen and oxygen atoms in total. The van der Waals surface area contributed by atoms with Gasteiger partial charge < -0.3 is 14.8 Å². The molecule has 0 aliphatic carbocycles. The number of benzene rings is 2. The molecular weight excluding hydrogens is 332 g/mol. The third kappa shape index (κ3) is 3.35. The van der Waals surface area contributed by atoms with Crippen molar-refractivity contribution in [2.75, 3.05) is 5.32 Å². The van der Waals surface area contributed by atoms with E-state index < -0.39 is 23.2 Å². The molecule has 1 aromatic heterocycles. The van der Waals surface area contributed by atoms with Gasteiger partial charge in [-0.05, 0) is 36.8 Å². The molecule has 2 N–H and O–H groups in total. The van der Waals surface area contributed by atoms with E-state index in [-0.39, 0.29) is 29.0 Å². The Kier molecular flexibility index (Phi) is 4.22. The molecule has 0 bridgehead atoms. The molecular formula is C18H13F2NO4. The quantitative estimate of drug-likeness (QED) is 0.714. The number of nitrogens with one attached hydrogen (secondary N) is 1. The first-order valence-corrected chi connectivity index (χ1v) is 7.35. The summed E-state index contributed by atoms with van der Waals surface area (Å²) >= 11 is 0. The van der Waals surface area contributed by atoms with Crippen LogP contribution in [0.5, 0.6) is 5.75 Å². The Morgan fingerprint density at radius 2 is 1.92 bits per heavy atom. The third-order valence-corrected chi connectivity index (χ3v) is 3.81. The Morgan fingerprint density at radius 3 is 2.64 bits per heavy atom. The molecule has 3 rings (SSSR count). The summed E-state index contributed by atoms with van der Waals surface area (Å²) in [6, 6.07) is 7.31. The number of carbonyl (C=O) groups excluding carboxylic acids is 1. The molecule has 0 aliphatic heterocycles. The summed E-state index contributed by atoms with van der Waals surface area (Å²) < 4.78 is 31.2. The molecule has 128 valence electrons. The first-order valence-electron chi connectivity index (χ1n) is 7.35. The van der Waals surface area contributed by atoms with Crippen LogP contribution in [0.2, 0.25) is 0 Å². The second-order valence-electron chi connectivity index (χ2n) is 5.53. The SMILES string of the molecule is Cc1c(CC(=O)Nc2ccc(F)c(F)c2)c(=O)oc2cc(O)ccc12. The number of phenols is 1. The Morgan fingerprint density at radius 1 is 1.16 bits per heavy atom. The average molecular weight is 345 g/mol. The molecule has 0 fully saturated rings. The maximum Gasteiger partial charge on any atom is 0.340 e. The fourth-order valence-electron chi connectivity index (χ4n) is 2.53. The van der Waals surface area contributed by atoms with Crippen LogP contribution in [-0.2, 0) is 11.2 Å². The van der Waals surface area contributed by atoms with Crippen LogP contribution >= 0.6 is 0 Å². The van der Waals surface area contributed by atoms with Crippen LogP contribution in [-0.4, -0.2) is 11.0 Å². The number of phenolic OH excluding ortho intramolecular Hbond substituents is 1. The molecule has 1 heterocycles. The molecule has 2 aromatic carbocycles. The van der Waals surface area contributed by atoms with E-state index in [0.717, 1.165) is 12.1 Å². The second-order valence-corrected chi connectivity index (χ2v) is 5.53. The van der Waals surface area contributed by atoms with E-state index in [4.69, 9.17) is 4.42 Å². The Hall–Kier alpha value is -3.22. The molecule has 7 heteroatoms. The Balaban J connectivity index is 1.89.